The molecule has 0 aliphatic heterocycles. The lowest BCUT2D eigenvalue weighted by atomic mass is 10.1. The van der Waals surface area contributed by atoms with E-state index in [1.807, 2.05) is 12.3 Å². The largest absolute Gasteiger partial charge is 0.478 e. The van der Waals surface area contributed by atoms with E-state index < -0.39 is 5.97 Å². The SMILES string of the molecule is CCc1nc(CC(=O)NCCc2ccc(C(=O)O)cc2)cs1. The van der Waals surface area contributed by atoms with Gasteiger partial charge in [-0.1, -0.05) is 19.1 Å². The van der Waals surface area contributed by atoms with Gasteiger partial charge in [-0.25, -0.2) is 9.78 Å². The number of hydrogen-bond acceptors (Lipinski definition) is 4. The second-order valence-corrected chi connectivity index (χ2v) is 5.81. The molecule has 0 saturated heterocycles. The van der Waals surface area contributed by atoms with Crippen LogP contribution in [0.2, 0.25) is 0 Å². The number of nitrogens with one attached hydrogen (secondary N) is 1. The van der Waals surface area contributed by atoms with Gasteiger partial charge in [0.1, 0.15) is 0 Å². The van der Waals surface area contributed by atoms with Gasteiger partial charge in [0.15, 0.2) is 0 Å². The molecule has 5 nitrogen and oxygen atoms in total. The third-order valence-electron chi connectivity index (χ3n) is 3.18. The van der Waals surface area contributed by atoms with Crippen molar-refractivity contribution in [2.24, 2.45) is 0 Å². The van der Waals surface area contributed by atoms with Gasteiger partial charge in [-0.2, -0.15) is 0 Å². The van der Waals surface area contributed by atoms with Crippen LogP contribution in [-0.4, -0.2) is 28.5 Å². The van der Waals surface area contributed by atoms with Crippen LogP contribution in [0.4, 0.5) is 0 Å². The molecule has 1 aromatic carbocycles. The van der Waals surface area contributed by atoms with Crippen LogP contribution in [0.25, 0.3) is 0 Å². The molecule has 0 bridgehead atoms. The van der Waals surface area contributed by atoms with Gasteiger partial charge in [0, 0.05) is 11.9 Å². The van der Waals surface area contributed by atoms with E-state index in [9.17, 15) is 9.59 Å². The van der Waals surface area contributed by atoms with Crippen LogP contribution in [-0.2, 0) is 24.1 Å². The summed E-state index contributed by atoms with van der Waals surface area (Å²) in [5.41, 5.74) is 2.07. The zero-order chi connectivity index (χ0) is 15.9. The maximum Gasteiger partial charge on any atom is 0.335 e. The van der Waals surface area contributed by atoms with Crippen LogP contribution in [0.15, 0.2) is 29.6 Å². The third kappa shape index (κ3) is 4.66. The fourth-order valence-electron chi connectivity index (χ4n) is 1.98. The van der Waals surface area contributed by atoms with Crippen molar-refractivity contribution in [1.82, 2.24) is 10.3 Å². The summed E-state index contributed by atoms with van der Waals surface area (Å²) >= 11 is 1.58. The molecule has 0 atom stereocenters. The molecule has 116 valence electrons. The molecule has 0 aliphatic rings. The molecule has 2 N–H and O–H groups in total. The first-order chi connectivity index (χ1) is 10.6. The summed E-state index contributed by atoms with van der Waals surface area (Å²) in [5.74, 6) is -0.982. The van der Waals surface area contributed by atoms with Gasteiger partial charge >= 0.3 is 5.97 Å². The normalized spacial score (nSPS) is 10.4. The van der Waals surface area contributed by atoms with E-state index >= 15 is 0 Å². The molecule has 6 heteroatoms. The summed E-state index contributed by atoms with van der Waals surface area (Å²) in [7, 11) is 0. The Balaban J connectivity index is 1.75. The zero-order valence-electron chi connectivity index (χ0n) is 12.3. The molecule has 0 fully saturated rings. The molecule has 0 radical (unpaired) electrons. The smallest absolute Gasteiger partial charge is 0.335 e. The molecular weight excluding hydrogens is 300 g/mol. The van der Waals surface area contributed by atoms with Crippen molar-refractivity contribution >= 4 is 23.2 Å². The number of aromatic nitrogens is 1. The number of thiazole rings is 1. The third-order valence-corrected chi connectivity index (χ3v) is 4.22. The number of aryl methyl sites for hydroxylation is 1. The number of carbonyl (C=O) groups is 2. The van der Waals surface area contributed by atoms with E-state index in [4.69, 9.17) is 5.11 Å². The van der Waals surface area contributed by atoms with Gasteiger partial charge in [-0.05, 0) is 30.5 Å². The average molecular weight is 318 g/mol. The van der Waals surface area contributed by atoms with Crippen molar-refractivity contribution in [3.8, 4) is 0 Å². The van der Waals surface area contributed by atoms with Gasteiger partial charge in [-0.15, -0.1) is 11.3 Å². The summed E-state index contributed by atoms with van der Waals surface area (Å²) in [6.07, 6.45) is 1.86. The molecule has 0 saturated carbocycles. The first kappa shape index (κ1) is 16.2. The van der Waals surface area contributed by atoms with Crippen molar-refractivity contribution in [3.05, 3.63) is 51.5 Å². The lowest BCUT2D eigenvalue weighted by molar-refractivity contribution is -0.120. The fraction of sp³-hybridized carbons (Fsp3) is 0.312. The van der Waals surface area contributed by atoms with E-state index in [-0.39, 0.29) is 11.5 Å². The lowest BCUT2D eigenvalue weighted by Crippen LogP contribution is -2.27. The van der Waals surface area contributed by atoms with Gasteiger partial charge < -0.3 is 10.4 Å². The highest BCUT2D eigenvalue weighted by atomic mass is 32.1. The quantitative estimate of drug-likeness (QED) is 0.821. The maximum absolute atomic E-state index is 11.8. The van der Waals surface area contributed by atoms with Crippen molar-refractivity contribution in [2.45, 2.75) is 26.2 Å². The average Bonchev–Trinajstić information content (AvgIpc) is 2.95. The first-order valence-electron chi connectivity index (χ1n) is 7.10. The van der Waals surface area contributed by atoms with E-state index in [1.54, 1.807) is 35.6 Å². The predicted octanol–water partition coefficient (Wildman–Crippen LogP) is 2.31. The molecule has 0 spiro atoms. The minimum Gasteiger partial charge on any atom is -0.478 e. The van der Waals surface area contributed by atoms with Crippen molar-refractivity contribution in [3.63, 3.8) is 0 Å². The summed E-state index contributed by atoms with van der Waals surface area (Å²) < 4.78 is 0. The number of amides is 1. The van der Waals surface area contributed by atoms with E-state index in [2.05, 4.69) is 10.3 Å². The van der Waals surface area contributed by atoms with Crippen molar-refractivity contribution < 1.29 is 14.7 Å². The molecule has 1 heterocycles. The Morgan fingerprint density at radius 2 is 2.00 bits per heavy atom. The Labute approximate surface area is 133 Å². The summed E-state index contributed by atoms with van der Waals surface area (Å²) in [6, 6.07) is 6.68. The van der Waals surface area contributed by atoms with E-state index in [0.717, 1.165) is 22.7 Å². The minimum atomic E-state index is -0.936. The summed E-state index contributed by atoms with van der Waals surface area (Å²) in [6.45, 7) is 2.56. The molecular formula is C16H18N2O3S. The van der Waals surface area contributed by atoms with Crippen molar-refractivity contribution in [1.29, 1.82) is 0 Å². The lowest BCUT2D eigenvalue weighted by Gasteiger charge is -2.05. The van der Waals surface area contributed by atoms with Crippen LogP contribution in [0.3, 0.4) is 0 Å². The summed E-state index contributed by atoms with van der Waals surface area (Å²) in [5, 5.41) is 14.6. The fourth-order valence-corrected chi connectivity index (χ4v) is 2.72. The number of rotatable bonds is 7. The van der Waals surface area contributed by atoms with Gasteiger partial charge in [0.2, 0.25) is 5.91 Å². The highest BCUT2D eigenvalue weighted by molar-refractivity contribution is 7.09. The summed E-state index contributed by atoms with van der Waals surface area (Å²) in [4.78, 5) is 26.9. The first-order valence-corrected chi connectivity index (χ1v) is 7.98. The molecule has 2 aromatic rings. The van der Waals surface area contributed by atoms with Crippen LogP contribution < -0.4 is 5.32 Å². The van der Waals surface area contributed by atoms with Gasteiger partial charge in [0.25, 0.3) is 0 Å². The number of carboxylic acid groups (broad SMARTS) is 1. The standard InChI is InChI=1S/C16H18N2O3S/c1-2-15-18-13(10-22-15)9-14(19)17-8-7-11-3-5-12(6-4-11)16(20)21/h3-6,10H,2,7-9H2,1H3,(H,17,19)(H,20,21). The second-order valence-electron chi connectivity index (χ2n) is 4.86. The molecule has 2 rings (SSSR count). The molecule has 22 heavy (non-hydrogen) atoms. The molecule has 0 unspecified atom stereocenters. The number of carbonyl (C=O) groups excluding carboxylic acids is 1. The van der Waals surface area contributed by atoms with E-state index in [0.29, 0.717) is 19.4 Å². The Bertz CT molecular complexity index is 650. The maximum atomic E-state index is 11.8. The topological polar surface area (TPSA) is 79.3 Å². The number of carboxylic acids is 1. The molecule has 1 aromatic heterocycles. The highest BCUT2D eigenvalue weighted by Gasteiger charge is 2.07. The zero-order valence-corrected chi connectivity index (χ0v) is 13.2. The Kier molecular flexibility index (Phi) is 5.66. The van der Waals surface area contributed by atoms with Crippen LogP contribution >= 0.6 is 11.3 Å². The number of benzene rings is 1. The van der Waals surface area contributed by atoms with Gasteiger partial charge in [0.05, 0.1) is 22.7 Å². The van der Waals surface area contributed by atoms with E-state index in [1.165, 1.54) is 0 Å². The number of nitrogens with zero attached hydrogens (tertiary/aromatic N) is 1. The predicted molar refractivity (Wildman–Crippen MR) is 85.3 cm³/mol. The Morgan fingerprint density at radius 3 is 2.59 bits per heavy atom. The van der Waals surface area contributed by atoms with Crippen molar-refractivity contribution in [2.75, 3.05) is 6.54 Å². The van der Waals surface area contributed by atoms with Crippen LogP contribution in [0.1, 0.15) is 33.5 Å². The highest BCUT2D eigenvalue weighted by Crippen LogP contribution is 2.10. The minimum absolute atomic E-state index is 0.0462. The molecule has 0 aliphatic carbocycles. The van der Waals surface area contributed by atoms with Crippen LogP contribution in [0.5, 0.6) is 0 Å². The monoisotopic (exact) mass is 318 g/mol. The van der Waals surface area contributed by atoms with Crippen LogP contribution in [0, 0.1) is 0 Å². The Hall–Kier alpha value is -2.21. The Morgan fingerprint density at radius 1 is 1.27 bits per heavy atom. The van der Waals surface area contributed by atoms with Gasteiger partial charge in [-0.3, -0.25) is 4.79 Å². The second kappa shape index (κ2) is 7.70. The number of aromatic carboxylic acids is 1. The number of hydrogen-bond donors (Lipinski definition) is 2. The molecule has 1 amide bonds.